The largest absolute Gasteiger partial charge is 0.325 e. The number of pyridine rings is 2. The second-order valence-electron chi connectivity index (χ2n) is 7.53. The normalized spacial score (nSPS) is 14.7. The quantitative estimate of drug-likeness (QED) is 0.538. The number of likely N-dealkylation sites (tertiary alicyclic amines) is 1. The average Bonchev–Trinajstić information content (AvgIpc) is 3.44. The van der Waals surface area contributed by atoms with E-state index in [0.717, 1.165) is 44.7 Å². The summed E-state index contributed by atoms with van der Waals surface area (Å²) in [6, 6.07) is 6.12. The molecular formula is C21H23N7S. The van der Waals surface area contributed by atoms with Crippen LogP contribution in [0, 0.1) is 6.92 Å². The van der Waals surface area contributed by atoms with Crippen LogP contribution >= 0.6 is 11.3 Å². The predicted molar refractivity (Wildman–Crippen MR) is 116 cm³/mol. The molecule has 0 radical (unpaired) electrons. The zero-order valence-corrected chi connectivity index (χ0v) is 17.4. The van der Waals surface area contributed by atoms with Crippen molar-refractivity contribution in [2.24, 2.45) is 7.05 Å². The summed E-state index contributed by atoms with van der Waals surface area (Å²) in [5.41, 5.74) is 4.31. The van der Waals surface area contributed by atoms with Gasteiger partial charge in [-0.3, -0.25) is 9.58 Å². The number of hydrogen-bond acceptors (Lipinski definition) is 7. The Morgan fingerprint density at radius 3 is 2.76 bits per heavy atom. The first-order chi connectivity index (χ1) is 14.1. The van der Waals surface area contributed by atoms with Gasteiger partial charge in [-0.2, -0.15) is 5.10 Å². The molecule has 0 aromatic carbocycles. The highest BCUT2D eigenvalue weighted by atomic mass is 32.1. The highest BCUT2D eigenvalue weighted by Crippen LogP contribution is 2.30. The Bertz CT molecular complexity index is 1160. The van der Waals surface area contributed by atoms with Crippen molar-refractivity contribution in [2.45, 2.75) is 26.3 Å². The third kappa shape index (κ3) is 3.86. The van der Waals surface area contributed by atoms with Gasteiger partial charge in [0.1, 0.15) is 16.6 Å². The summed E-state index contributed by atoms with van der Waals surface area (Å²) < 4.78 is 2.84. The van der Waals surface area contributed by atoms with Gasteiger partial charge < -0.3 is 5.32 Å². The number of hydrogen-bond donors (Lipinski definition) is 1. The average molecular weight is 406 g/mol. The van der Waals surface area contributed by atoms with Crippen molar-refractivity contribution >= 4 is 33.2 Å². The Morgan fingerprint density at radius 1 is 1.10 bits per heavy atom. The fourth-order valence-corrected chi connectivity index (χ4v) is 4.53. The van der Waals surface area contributed by atoms with E-state index in [1.165, 1.54) is 31.5 Å². The van der Waals surface area contributed by atoms with Crippen LogP contribution in [0.1, 0.15) is 24.1 Å². The van der Waals surface area contributed by atoms with Gasteiger partial charge in [0.05, 0.1) is 22.1 Å². The molecule has 1 aliphatic rings. The van der Waals surface area contributed by atoms with Crippen LogP contribution in [0.4, 0.5) is 11.6 Å². The minimum absolute atomic E-state index is 0.754. The molecule has 7 nitrogen and oxygen atoms in total. The Hall–Kier alpha value is -2.84. The van der Waals surface area contributed by atoms with Crippen LogP contribution in [0.15, 0.2) is 36.8 Å². The van der Waals surface area contributed by atoms with E-state index in [1.54, 1.807) is 16.0 Å². The molecule has 0 unspecified atom stereocenters. The molecule has 0 aliphatic carbocycles. The SMILES string of the molecule is Cc1ccc(Nc2cc3nc(-c4cnn(C)c4)sc3cn2)nc1CN1CCCC1. The van der Waals surface area contributed by atoms with Crippen LogP contribution < -0.4 is 5.32 Å². The smallest absolute Gasteiger partial charge is 0.133 e. The van der Waals surface area contributed by atoms with Gasteiger partial charge in [0, 0.05) is 37.6 Å². The van der Waals surface area contributed by atoms with Crippen LogP contribution in [0.2, 0.25) is 0 Å². The molecule has 1 N–H and O–H groups in total. The first-order valence-electron chi connectivity index (χ1n) is 9.85. The molecule has 8 heteroatoms. The lowest BCUT2D eigenvalue weighted by Gasteiger charge is -2.16. The molecule has 0 atom stereocenters. The summed E-state index contributed by atoms with van der Waals surface area (Å²) in [5.74, 6) is 1.57. The van der Waals surface area contributed by atoms with Crippen LogP contribution in [-0.4, -0.2) is 42.7 Å². The first kappa shape index (κ1) is 18.2. The summed E-state index contributed by atoms with van der Waals surface area (Å²) >= 11 is 1.62. The van der Waals surface area contributed by atoms with Gasteiger partial charge in [-0.05, 0) is 44.5 Å². The van der Waals surface area contributed by atoms with Gasteiger partial charge in [0.15, 0.2) is 0 Å². The number of nitrogens with one attached hydrogen (secondary N) is 1. The van der Waals surface area contributed by atoms with Crippen molar-refractivity contribution in [3.63, 3.8) is 0 Å². The molecule has 4 aromatic heterocycles. The Balaban J connectivity index is 1.38. The number of fused-ring (bicyclic) bond motifs is 1. The molecule has 5 rings (SSSR count). The van der Waals surface area contributed by atoms with E-state index in [0.29, 0.717) is 0 Å². The molecule has 0 bridgehead atoms. The Kier molecular flexibility index (Phi) is 4.73. The van der Waals surface area contributed by atoms with Crippen molar-refractivity contribution in [3.05, 3.63) is 48.0 Å². The first-order valence-corrected chi connectivity index (χ1v) is 10.7. The second kappa shape index (κ2) is 7.53. The summed E-state index contributed by atoms with van der Waals surface area (Å²) in [6.07, 6.45) is 8.25. The van der Waals surface area contributed by atoms with Crippen molar-refractivity contribution in [2.75, 3.05) is 18.4 Å². The molecule has 148 valence electrons. The lowest BCUT2D eigenvalue weighted by Crippen LogP contribution is -2.20. The predicted octanol–water partition coefficient (Wildman–Crippen LogP) is 4.13. The molecule has 1 fully saturated rings. The summed E-state index contributed by atoms with van der Waals surface area (Å²) in [6.45, 7) is 5.37. The maximum absolute atomic E-state index is 4.85. The molecule has 5 heterocycles. The molecule has 29 heavy (non-hydrogen) atoms. The van der Waals surface area contributed by atoms with Crippen molar-refractivity contribution in [1.29, 1.82) is 0 Å². The molecule has 4 aromatic rings. The maximum Gasteiger partial charge on any atom is 0.133 e. The van der Waals surface area contributed by atoms with Gasteiger partial charge in [-0.1, -0.05) is 6.07 Å². The maximum atomic E-state index is 4.85. The summed E-state index contributed by atoms with van der Waals surface area (Å²) in [4.78, 5) is 16.6. The third-order valence-corrected chi connectivity index (χ3v) is 6.31. The molecule has 1 aliphatic heterocycles. The van der Waals surface area contributed by atoms with Crippen LogP contribution in [0.3, 0.4) is 0 Å². The summed E-state index contributed by atoms with van der Waals surface area (Å²) in [5, 5.41) is 8.53. The number of aromatic nitrogens is 5. The molecule has 0 spiro atoms. The lowest BCUT2D eigenvalue weighted by molar-refractivity contribution is 0.326. The van der Waals surface area contributed by atoms with Crippen molar-refractivity contribution in [3.8, 4) is 10.6 Å². The van der Waals surface area contributed by atoms with Gasteiger partial charge in [0.2, 0.25) is 0 Å². The monoisotopic (exact) mass is 405 g/mol. The minimum Gasteiger partial charge on any atom is -0.325 e. The van der Waals surface area contributed by atoms with E-state index in [2.05, 4.69) is 33.3 Å². The van der Waals surface area contributed by atoms with Crippen LogP contribution in [0.5, 0.6) is 0 Å². The third-order valence-electron chi connectivity index (χ3n) is 5.26. The van der Waals surface area contributed by atoms with Gasteiger partial charge in [0.25, 0.3) is 0 Å². The van der Waals surface area contributed by atoms with Gasteiger partial charge in [-0.25, -0.2) is 15.0 Å². The topological polar surface area (TPSA) is 71.8 Å². The summed E-state index contributed by atoms with van der Waals surface area (Å²) in [7, 11) is 1.91. The van der Waals surface area contributed by atoms with E-state index in [9.17, 15) is 0 Å². The fraction of sp³-hybridized carbons (Fsp3) is 0.333. The Labute approximate surface area is 173 Å². The number of rotatable bonds is 5. The standard InChI is InChI=1S/C21H23N7S/c1-14-5-6-19(24-17(14)13-28-7-3-4-8-28)26-20-9-16-18(11-22-20)29-21(25-16)15-10-23-27(2)12-15/h5-6,9-12H,3-4,7-8,13H2,1-2H3,(H,22,24,26). The number of aryl methyl sites for hydroxylation is 2. The number of thiazole rings is 1. The second-order valence-corrected chi connectivity index (χ2v) is 8.56. The molecule has 1 saturated heterocycles. The van der Waals surface area contributed by atoms with E-state index in [1.807, 2.05) is 37.8 Å². The van der Waals surface area contributed by atoms with Gasteiger partial charge >= 0.3 is 0 Å². The molecular weight excluding hydrogens is 382 g/mol. The van der Waals surface area contributed by atoms with E-state index < -0.39 is 0 Å². The lowest BCUT2D eigenvalue weighted by atomic mass is 10.2. The number of anilines is 2. The van der Waals surface area contributed by atoms with E-state index >= 15 is 0 Å². The Morgan fingerprint density at radius 2 is 1.97 bits per heavy atom. The number of nitrogens with zero attached hydrogens (tertiary/aromatic N) is 6. The molecule has 0 amide bonds. The fourth-order valence-electron chi connectivity index (χ4n) is 3.64. The van der Waals surface area contributed by atoms with Crippen LogP contribution in [-0.2, 0) is 13.6 Å². The van der Waals surface area contributed by atoms with Gasteiger partial charge in [-0.15, -0.1) is 11.3 Å². The van der Waals surface area contributed by atoms with Crippen molar-refractivity contribution in [1.82, 2.24) is 29.6 Å². The van der Waals surface area contributed by atoms with Crippen molar-refractivity contribution < 1.29 is 0 Å². The van der Waals surface area contributed by atoms with E-state index in [-0.39, 0.29) is 0 Å². The van der Waals surface area contributed by atoms with E-state index in [4.69, 9.17) is 9.97 Å². The van der Waals surface area contributed by atoms with Crippen LogP contribution in [0.25, 0.3) is 20.8 Å². The highest BCUT2D eigenvalue weighted by molar-refractivity contribution is 7.21. The minimum atomic E-state index is 0.754. The molecule has 0 saturated carbocycles. The highest BCUT2D eigenvalue weighted by Gasteiger charge is 2.14. The zero-order chi connectivity index (χ0) is 19.8. The zero-order valence-electron chi connectivity index (χ0n) is 16.6.